The Kier molecular flexibility index (Phi) is 5.12. The van der Waals surface area contributed by atoms with Crippen molar-refractivity contribution in [1.29, 1.82) is 0 Å². The highest BCUT2D eigenvalue weighted by molar-refractivity contribution is 5.94. The molecule has 16 heavy (non-hydrogen) atoms. The largest absolute Gasteiger partial charge is 0.458 e. The highest BCUT2D eigenvalue weighted by Crippen LogP contribution is 2.11. The normalized spacial score (nSPS) is 10.6. The van der Waals surface area contributed by atoms with Gasteiger partial charge in [-0.15, -0.1) is 0 Å². The molecule has 0 aliphatic carbocycles. The molecule has 2 N–H and O–H groups in total. The zero-order valence-electron chi connectivity index (χ0n) is 9.48. The Morgan fingerprint density at radius 3 is 2.81 bits per heavy atom. The minimum atomic E-state index is -0.376. The van der Waals surface area contributed by atoms with Crippen molar-refractivity contribution >= 4 is 11.7 Å². The fraction of sp³-hybridized carbons (Fsp3) is 0.308. The molecule has 0 heterocycles. The predicted molar refractivity (Wildman–Crippen MR) is 65.2 cm³/mol. The number of carbonyl (C=O) groups excluding carboxylic acids is 1. The number of nitrogens with two attached hydrogens (primary N) is 1. The maximum Gasteiger partial charge on any atom is 0.340 e. The number of ether oxygens (including phenoxy) is 1. The zero-order valence-corrected chi connectivity index (χ0v) is 9.48. The molecule has 0 bridgehead atoms. The minimum absolute atomic E-state index is 0.299. The summed E-state index contributed by atoms with van der Waals surface area (Å²) in [4.78, 5) is 11.6. The summed E-state index contributed by atoms with van der Waals surface area (Å²) in [6, 6.07) is 6.89. The molecule has 0 atom stereocenters. The van der Waals surface area contributed by atoms with Crippen LogP contribution in [0.25, 0.3) is 0 Å². The molecular formula is C13H17NO2. The monoisotopic (exact) mass is 219 g/mol. The Balaban J connectivity index is 2.44. The number of allylic oxidation sites excluding steroid dienone is 1. The lowest BCUT2D eigenvalue weighted by molar-refractivity contribution is 0.0550. The lowest BCUT2D eigenvalue weighted by Crippen LogP contribution is -2.07. The van der Waals surface area contributed by atoms with Crippen molar-refractivity contribution in [2.75, 3.05) is 12.3 Å². The van der Waals surface area contributed by atoms with Crippen molar-refractivity contribution in [2.45, 2.75) is 19.8 Å². The lowest BCUT2D eigenvalue weighted by atomic mass is 10.2. The molecule has 0 saturated carbocycles. The van der Waals surface area contributed by atoms with Crippen LogP contribution in [0.1, 0.15) is 30.1 Å². The second kappa shape index (κ2) is 6.67. The summed E-state index contributed by atoms with van der Waals surface area (Å²) in [5, 5.41) is 0. The SMILES string of the molecule is CCC/C=C/COC(=O)c1ccccc1N. The number of esters is 1. The molecule has 0 aromatic heterocycles. The van der Waals surface area contributed by atoms with Crippen LogP contribution in [0.5, 0.6) is 0 Å². The van der Waals surface area contributed by atoms with E-state index in [1.165, 1.54) is 0 Å². The van der Waals surface area contributed by atoms with E-state index in [2.05, 4.69) is 6.92 Å². The molecular weight excluding hydrogens is 202 g/mol. The van der Waals surface area contributed by atoms with Gasteiger partial charge in [-0.1, -0.05) is 37.6 Å². The topological polar surface area (TPSA) is 52.3 Å². The summed E-state index contributed by atoms with van der Waals surface area (Å²) in [7, 11) is 0. The number of hydrogen-bond acceptors (Lipinski definition) is 3. The lowest BCUT2D eigenvalue weighted by Gasteiger charge is -2.04. The number of para-hydroxylation sites is 1. The third-order valence-electron chi connectivity index (χ3n) is 2.11. The van der Waals surface area contributed by atoms with Gasteiger partial charge in [0.05, 0.1) is 5.56 Å². The van der Waals surface area contributed by atoms with E-state index in [9.17, 15) is 4.79 Å². The average molecular weight is 219 g/mol. The highest BCUT2D eigenvalue weighted by atomic mass is 16.5. The second-order valence-electron chi connectivity index (χ2n) is 3.45. The summed E-state index contributed by atoms with van der Waals surface area (Å²) in [5.74, 6) is -0.376. The molecule has 0 unspecified atom stereocenters. The first-order valence-electron chi connectivity index (χ1n) is 5.42. The van der Waals surface area contributed by atoms with Crippen LogP contribution in [0.4, 0.5) is 5.69 Å². The second-order valence-corrected chi connectivity index (χ2v) is 3.45. The van der Waals surface area contributed by atoms with Crippen LogP contribution in [0.15, 0.2) is 36.4 Å². The zero-order chi connectivity index (χ0) is 11.8. The van der Waals surface area contributed by atoms with Crippen molar-refractivity contribution in [3.05, 3.63) is 42.0 Å². The summed E-state index contributed by atoms with van der Waals surface area (Å²) in [6.45, 7) is 2.40. The fourth-order valence-corrected chi connectivity index (χ4v) is 1.24. The Hall–Kier alpha value is -1.77. The number of rotatable bonds is 5. The van der Waals surface area contributed by atoms with Gasteiger partial charge in [-0.2, -0.15) is 0 Å². The first-order chi connectivity index (χ1) is 7.75. The number of hydrogen-bond donors (Lipinski definition) is 1. The molecule has 0 spiro atoms. The predicted octanol–water partition coefficient (Wildman–Crippen LogP) is 2.78. The van der Waals surface area contributed by atoms with Gasteiger partial charge >= 0.3 is 5.97 Å². The van der Waals surface area contributed by atoms with Gasteiger partial charge in [0, 0.05) is 5.69 Å². The van der Waals surface area contributed by atoms with Crippen molar-refractivity contribution in [3.63, 3.8) is 0 Å². The average Bonchev–Trinajstić information content (AvgIpc) is 2.29. The first kappa shape index (κ1) is 12.3. The molecule has 0 radical (unpaired) electrons. The number of carbonyl (C=O) groups is 1. The Morgan fingerprint density at radius 1 is 1.38 bits per heavy atom. The van der Waals surface area contributed by atoms with Crippen molar-refractivity contribution < 1.29 is 9.53 Å². The van der Waals surface area contributed by atoms with Crippen LogP contribution >= 0.6 is 0 Å². The molecule has 0 saturated heterocycles. The molecule has 86 valence electrons. The third kappa shape index (κ3) is 3.77. The van der Waals surface area contributed by atoms with E-state index in [0.29, 0.717) is 17.9 Å². The van der Waals surface area contributed by atoms with Crippen LogP contribution in [0.2, 0.25) is 0 Å². The highest BCUT2D eigenvalue weighted by Gasteiger charge is 2.08. The quantitative estimate of drug-likeness (QED) is 0.470. The smallest absolute Gasteiger partial charge is 0.340 e. The fourth-order valence-electron chi connectivity index (χ4n) is 1.24. The molecule has 0 amide bonds. The molecule has 0 fully saturated rings. The van der Waals surface area contributed by atoms with Crippen LogP contribution in [-0.2, 0) is 4.74 Å². The van der Waals surface area contributed by atoms with E-state index >= 15 is 0 Å². The molecule has 3 nitrogen and oxygen atoms in total. The van der Waals surface area contributed by atoms with E-state index in [4.69, 9.17) is 10.5 Å². The maximum absolute atomic E-state index is 11.6. The van der Waals surface area contributed by atoms with Gasteiger partial charge in [-0.05, 0) is 18.6 Å². The molecule has 0 aliphatic heterocycles. The van der Waals surface area contributed by atoms with Crippen LogP contribution in [0.3, 0.4) is 0 Å². The first-order valence-corrected chi connectivity index (χ1v) is 5.42. The van der Waals surface area contributed by atoms with Gasteiger partial charge in [-0.3, -0.25) is 0 Å². The molecule has 1 aromatic carbocycles. The number of unbranched alkanes of at least 4 members (excludes halogenated alkanes) is 1. The van der Waals surface area contributed by atoms with Gasteiger partial charge in [0.2, 0.25) is 0 Å². The van der Waals surface area contributed by atoms with E-state index < -0.39 is 0 Å². The Bertz CT molecular complexity index is 372. The van der Waals surface area contributed by atoms with E-state index in [1.54, 1.807) is 24.3 Å². The number of anilines is 1. The molecule has 0 aliphatic rings. The summed E-state index contributed by atoms with van der Waals surface area (Å²) in [5.41, 5.74) is 6.53. The van der Waals surface area contributed by atoms with Gasteiger partial charge in [0.25, 0.3) is 0 Å². The van der Waals surface area contributed by atoms with Gasteiger partial charge in [0.15, 0.2) is 0 Å². The standard InChI is InChI=1S/C13H17NO2/c1-2-3-4-7-10-16-13(15)11-8-5-6-9-12(11)14/h4-9H,2-3,10,14H2,1H3/b7-4+. The van der Waals surface area contributed by atoms with Crippen LogP contribution in [0, 0.1) is 0 Å². The van der Waals surface area contributed by atoms with Crippen molar-refractivity contribution in [2.24, 2.45) is 0 Å². The van der Waals surface area contributed by atoms with Crippen LogP contribution in [-0.4, -0.2) is 12.6 Å². The van der Waals surface area contributed by atoms with E-state index in [1.807, 2.05) is 12.2 Å². The Labute approximate surface area is 95.9 Å². The van der Waals surface area contributed by atoms with E-state index in [0.717, 1.165) is 12.8 Å². The van der Waals surface area contributed by atoms with Crippen molar-refractivity contribution in [1.82, 2.24) is 0 Å². The number of benzene rings is 1. The van der Waals surface area contributed by atoms with E-state index in [-0.39, 0.29) is 5.97 Å². The third-order valence-corrected chi connectivity index (χ3v) is 2.11. The van der Waals surface area contributed by atoms with Crippen molar-refractivity contribution in [3.8, 4) is 0 Å². The van der Waals surface area contributed by atoms with Gasteiger partial charge in [0.1, 0.15) is 6.61 Å². The minimum Gasteiger partial charge on any atom is -0.458 e. The van der Waals surface area contributed by atoms with Crippen LogP contribution < -0.4 is 5.73 Å². The van der Waals surface area contributed by atoms with Gasteiger partial charge in [-0.25, -0.2) is 4.79 Å². The molecule has 3 heteroatoms. The molecule has 1 rings (SSSR count). The molecule has 1 aromatic rings. The summed E-state index contributed by atoms with van der Waals surface area (Å²) < 4.78 is 5.05. The number of nitrogen functional groups attached to an aromatic ring is 1. The maximum atomic E-state index is 11.6. The summed E-state index contributed by atoms with van der Waals surface area (Å²) in [6.07, 6.45) is 5.95. The Morgan fingerprint density at radius 2 is 2.12 bits per heavy atom. The van der Waals surface area contributed by atoms with Gasteiger partial charge < -0.3 is 10.5 Å². The summed E-state index contributed by atoms with van der Waals surface area (Å²) >= 11 is 0.